The summed E-state index contributed by atoms with van der Waals surface area (Å²) in [6.45, 7) is 0. The van der Waals surface area contributed by atoms with Crippen molar-refractivity contribution in [3.63, 3.8) is 0 Å². The van der Waals surface area contributed by atoms with E-state index in [2.05, 4.69) is 5.32 Å². The number of anilines is 1. The summed E-state index contributed by atoms with van der Waals surface area (Å²) in [5.41, 5.74) is 5.90. The molecular formula is C23H20N2O4. The van der Waals surface area contributed by atoms with Gasteiger partial charge in [0.25, 0.3) is 11.8 Å². The molecule has 3 aromatic rings. The summed E-state index contributed by atoms with van der Waals surface area (Å²) >= 11 is 0. The Bertz CT molecular complexity index is 1030. The number of benzene rings is 3. The zero-order valence-electron chi connectivity index (χ0n) is 15.6. The van der Waals surface area contributed by atoms with E-state index in [1.165, 1.54) is 0 Å². The van der Waals surface area contributed by atoms with Gasteiger partial charge >= 0.3 is 0 Å². The van der Waals surface area contributed by atoms with Crippen molar-refractivity contribution in [2.75, 3.05) is 5.32 Å². The van der Waals surface area contributed by atoms with Gasteiger partial charge in [0.05, 0.1) is 0 Å². The highest BCUT2D eigenvalue weighted by Crippen LogP contribution is 2.30. The van der Waals surface area contributed by atoms with E-state index in [4.69, 9.17) is 9.94 Å². The van der Waals surface area contributed by atoms with E-state index < -0.39 is 12.0 Å². The minimum absolute atomic E-state index is 0.196. The predicted octanol–water partition coefficient (Wildman–Crippen LogP) is 3.80. The fourth-order valence-electron chi connectivity index (χ4n) is 3.37. The summed E-state index contributed by atoms with van der Waals surface area (Å²) in [4.78, 5) is 24.1. The van der Waals surface area contributed by atoms with Gasteiger partial charge in [0.2, 0.25) is 0 Å². The van der Waals surface area contributed by atoms with Crippen LogP contribution in [0.25, 0.3) is 11.1 Å². The molecule has 0 bridgehead atoms. The molecule has 0 aromatic heterocycles. The van der Waals surface area contributed by atoms with Crippen LogP contribution in [0.15, 0.2) is 72.8 Å². The zero-order valence-corrected chi connectivity index (χ0v) is 15.6. The second-order valence-electron chi connectivity index (χ2n) is 6.84. The second kappa shape index (κ2) is 8.16. The maximum absolute atomic E-state index is 12.6. The standard InChI is InChI=1S/C23H20N2O4/c26-22(17-8-6-16(7-9-17)15-4-2-1-3-5-15)24-19-11-13-20-18(14-19)10-12-21(29-20)23(27)25-28/h1-9,11,13-14,21,28H,10,12H2,(H,24,26)(H,25,27)/t21-/m0/s1. The molecule has 1 atom stereocenters. The Morgan fingerprint density at radius 3 is 2.38 bits per heavy atom. The molecule has 1 aliphatic heterocycles. The van der Waals surface area contributed by atoms with Crippen LogP contribution in [0.3, 0.4) is 0 Å². The second-order valence-corrected chi connectivity index (χ2v) is 6.84. The number of carbonyl (C=O) groups is 2. The zero-order chi connectivity index (χ0) is 20.2. The van der Waals surface area contributed by atoms with Crippen LogP contribution < -0.4 is 15.5 Å². The third-order valence-electron chi connectivity index (χ3n) is 4.92. The average molecular weight is 388 g/mol. The molecule has 0 spiro atoms. The fourth-order valence-corrected chi connectivity index (χ4v) is 3.37. The molecule has 0 aliphatic carbocycles. The third kappa shape index (κ3) is 4.12. The average Bonchev–Trinajstić information content (AvgIpc) is 2.79. The maximum atomic E-state index is 12.6. The van der Waals surface area contributed by atoms with Gasteiger partial charge in [-0.3, -0.25) is 14.8 Å². The van der Waals surface area contributed by atoms with Gasteiger partial charge in [0.15, 0.2) is 6.10 Å². The van der Waals surface area contributed by atoms with Crippen molar-refractivity contribution >= 4 is 17.5 Å². The van der Waals surface area contributed by atoms with Crippen molar-refractivity contribution in [3.8, 4) is 16.9 Å². The van der Waals surface area contributed by atoms with Crippen LogP contribution in [0, 0.1) is 0 Å². The Hall–Kier alpha value is -3.64. The van der Waals surface area contributed by atoms with E-state index in [-0.39, 0.29) is 5.91 Å². The molecule has 0 unspecified atom stereocenters. The molecular weight excluding hydrogens is 368 g/mol. The molecule has 146 valence electrons. The normalized spacial score (nSPS) is 15.0. The number of hydroxylamine groups is 1. The molecule has 6 heteroatoms. The molecule has 0 fully saturated rings. The van der Waals surface area contributed by atoms with Gasteiger partial charge in [-0.15, -0.1) is 0 Å². The van der Waals surface area contributed by atoms with Crippen LogP contribution >= 0.6 is 0 Å². The molecule has 4 rings (SSSR count). The Labute approximate surface area is 168 Å². The number of carbonyl (C=O) groups excluding carboxylic acids is 2. The summed E-state index contributed by atoms with van der Waals surface area (Å²) in [5, 5.41) is 11.6. The summed E-state index contributed by atoms with van der Waals surface area (Å²) in [5.74, 6) is -0.180. The topological polar surface area (TPSA) is 87.7 Å². The predicted molar refractivity (Wildman–Crippen MR) is 109 cm³/mol. The smallest absolute Gasteiger partial charge is 0.284 e. The summed E-state index contributed by atoms with van der Waals surface area (Å²) < 4.78 is 5.60. The molecule has 1 aliphatic rings. The largest absolute Gasteiger partial charge is 0.480 e. The molecule has 6 nitrogen and oxygen atoms in total. The number of amides is 2. The number of fused-ring (bicyclic) bond motifs is 1. The number of hydrogen-bond donors (Lipinski definition) is 3. The van der Waals surface area contributed by atoms with Crippen LogP contribution in [0.1, 0.15) is 22.3 Å². The lowest BCUT2D eigenvalue weighted by Gasteiger charge is -2.24. The Morgan fingerprint density at radius 1 is 0.931 bits per heavy atom. The Kier molecular flexibility index (Phi) is 5.27. The lowest BCUT2D eigenvalue weighted by molar-refractivity contribution is -0.137. The fraction of sp³-hybridized carbons (Fsp3) is 0.130. The van der Waals surface area contributed by atoms with E-state index in [0.29, 0.717) is 29.8 Å². The van der Waals surface area contributed by atoms with E-state index >= 15 is 0 Å². The minimum Gasteiger partial charge on any atom is -0.480 e. The first-order valence-electron chi connectivity index (χ1n) is 9.34. The van der Waals surface area contributed by atoms with E-state index in [1.54, 1.807) is 29.7 Å². The molecule has 3 N–H and O–H groups in total. The van der Waals surface area contributed by atoms with Gasteiger partial charge in [0, 0.05) is 11.3 Å². The molecule has 0 radical (unpaired) electrons. The first-order chi connectivity index (χ1) is 14.1. The van der Waals surface area contributed by atoms with Crippen molar-refractivity contribution in [3.05, 3.63) is 83.9 Å². The lowest BCUT2D eigenvalue weighted by atomic mass is 10.0. The highest BCUT2D eigenvalue weighted by Gasteiger charge is 2.26. The number of ether oxygens (including phenoxy) is 1. The van der Waals surface area contributed by atoms with Crippen LogP contribution in [0.4, 0.5) is 5.69 Å². The lowest BCUT2D eigenvalue weighted by Crippen LogP contribution is -2.38. The number of aryl methyl sites for hydroxylation is 1. The van der Waals surface area contributed by atoms with Crippen LogP contribution in [0.5, 0.6) is 5.75 Å². The van der Waals surface area contributed by atoms with Crippen LogP contribution in [0.2, 0.25) is 0 Å². The van der Waals surface area contributed by atoms with Crippen LogP contribution in [-0.2, 0) is 11.2 Å². The van der Waals surface area contributed by atoms with Crippen molar-refractivity contribution in [2.45, 2.75) is 18.9 Å². The molecule has 0 saturated carbocycles. The molecule has 3 aromatic carbocycles. The minimum atomic E-state index is -0.712. The van der Waals surface area contributed by atoms with Gasteiger partial charge in [-0.1, -0.05) is 42.5 Å². The van der Waals surface area contributed by atoms with Crippen molar-refractivity contribution in [2.24, 2.45) is 0 Å². The van der Waals surface area contributed by atoms with Crippen molar-refractivity contribution < 1.29 is 19.5 Å². The van der Waals surface area contributed by atoms with E-state index in [9.17, 15) is 9.59 Å². The SMILES string of the molecule is O=C(Nc1ccc2c(c1)CC[C@@H](C(=O)NO)O2)c1ccc(-c2ccccc2)cc1. The monoisotopic (exact) mass is 388 g/mol. The van der Waals surface area contributed by atoms with Gasteiger partial charge < -0.3 is 10.1 Å². The Morgan fingerprint density at radius 2 is 1.66 bits per heavy atom. The number of nitrogens with one attached hydrogen (secondary N) is 2. The molecule has 29 heavy (non-hydrogen) atoms. The van der Waals surface area contributed by atoms with Gasteiger partial charge in [-0.05, 0) is 59.9 Å². The summed E-state index contributed by atoms with van der Waals surface area (Å²) in [7, 11) is 0. The quantitative estimate of drug-likeness (QED) is 0.469. The first-order valence-corrected chi connectivity index (χ1v) is 9.34. The van der Waals surface area contributed by atoms with Crippen molar-refractivity contribution in [1.82, 2.24) is 5.48 Å². The van der Waals surface area contributed by atoms with E-state index in [0.717, 1.165) is 16.7 Å². The van der Waals surface area contributed by atoms with E-state index in [1.807, 2.05) is 48.5 Å². The van der Waals surface area contributed by atoms with Gasteiger partial charge in [-0.25, -0.2) is 5.48 Å². The Balaban J connectivity index is 1.44. The highest BCUT2D eigenvalue weighted by molar-refractivity contribution is 6.04. The molecule has 0 saturated heterocycles. The van der Waals surface area contributed by atoms with Crippen LogP contribution in [-0.4, -0.2) is 23.1 Å². The van der Waals surface area contributed by atoms with Gasteiger partial charge in [-0.2, -0.15) is 0 Å². The number of rotatable bonds is 4. The molecule has 1 heterocycles. The molecule has 2 amide bonds. The summed E-state index contributed by atoms with van der Waals surface area (Å²) in [6, 6.07) is 22.7. The number of hydrogen-bond acceptors (Lipinski definition) is 4. The maximum Gasteiger partial charge on any atom is 0.284 e. The van der Waals surface area contributed by atoms with Crippen molar-refractivity contribution in [1.29, 1.82) is 0 Å². The summed E-state index contributed by atoms with van der Waals surface area (Å²) in [6.07, 6.45) is 0.358. The third-order valence-corrected chi connectivity index (χ3v) is 4.92. The highest BCUT2D eigenvalue weighted by atomic mass is 16.5. The first kappa shape index (κ1) is 18.7. The van der Waals surface area contributed by atoms with Gasteiger partial charge in [0.1, 0.15) is 5.75 Å².